The van der Waals surface area contributed by atoms with Crippen molar-refractivity contribution in [1.82, 2.24) is 10.9 Å². The van der Waals surface area contributed by atoms with Crippen LogP contribution in [0.25, 0.3) is 0 Å². The van der Waals surface area contributed by atoms with Crippen molar-refractivity contribution in [3.05, 3.63) is 39.2 Å². The van der Waals surface area contributed by atoms with Gasteiger partial charge in [-0.1, -0.05) is 22.0 Å². The number of nitrogens with two attached hydrogens (primary N) is 1. The Balaban J connectivity index is 2.00. The Kier molecular flexibility index (Phi) is 4.33. The van der Waals surface area contributed by atoms with E-state index in [1.54, 1.807) is 6.07 Å². The summed E-state index contributed by atoms with van der Waals surface area (Å²) in [5.74, 6) is -1.56. The molecule has 1 aromatic carbocycles. The Hall–Kier alpha value is -2.61. The lowest BCUT2D eigenvalue weighted by Crippen LogP contribution is -2.56. The van der Waals surface area contributed by atoms with Crippen molar-refractivity contribution in [2.75, 3.05) is 12.4 Å². The van der Waals surface area contributed by atoms with Gasteiger partial charge in [0.2, 0.25) is 11.8 Å². The standard InChI is InChI=1S/C18H18BrN5O4/c1-7-3-4-9-12(14(7)19)18(17(26)22-9)8(6-20)15(21)28-16-13(18)10(23-24-16)5-11(25)27-2/h3-4,10,13,16,23-24H,5,21H2,1-2H3,(H,22,26). The van der Waals surface area contributed by atoms with E-state index in [2.05, 4.69) is 38.2 Å². The number of fused-ring (bicyclic) bond motifs is 4. The number of halogens is 1. The number of benzene rings is 1. The van der Waals surface area contributed by atoms with Crippen LogP contribution in [-0.4, -0.2) is 31.3 Å². The fraction of sp³-hybridized carbons (Fsp3) is 0.389. The number of methoxy groups -OCH3 is 1. The lowest BCUT2D eigenvalue weighted by molar-refractivity contribution is -0.142. The fourth-order valence-electron chi connectivity index (χ4n) is 4.41. The number of nitriles is 1. The highest BCUT2D eigenvalue weighted by Gasteiger charge is 2.66. The molecule has 0 saturated carbocycles. The molecule has 1 spiro atoms. The molecule has 3 aliphatic heterocycles. The van der Waals surface area contributed by atoms with Crippen LogP contribution in [0.4, 0.5) is 5.69 Å². The SMILES string of the molecule is COC(=O)CC1NNC2OC(N)=C(C#N)C3(C(=O)Nc4ccc(C)c(Br)c43)C12. The molecule has 4 unspecified atom stereocenters. The number of nitrogens with zero attached hydrogens (tertiary/aromatic N) is 1. The number of carbonyl (C=O) groups is 2. The van der Waals surface area contributed by atoms with E-state index in [9.17, 15) is 14.9 Å². The van der Waals surface area contributed by atoms with Crippen LogP contribution < -0.4 is 21.9 Å². The zero-order valence-corrected chi connectivity index (χ0v) is 16.7. The molecule has 1 fully saturated rings. The summed E-state index contributed by atoms with van der Waals surface area (Å²) in [6, 6.07) is 5.22. The van der Waals surface area contributed by atoms with Crippen molar-refractivity contribution >= 4 is 33.5 Å². The molecular formula is C18H18BrN5O4. The number of amides is 1. The second-order valence-electron chi connectivity index (χ2n) is 6.97. The third kappa shape index (κ3) is 2.30. The second-order valence-corrected chi connectivity index (χ2v) is 7.76. The summed E-state index contributed by atoms with van der Waals surface area (Å²) < 4.78 is 11.2. The number of hydrazine groups is 1. The van der Waals surface area contributed by atoms with Crippen LogP contribution in [0.5, 0.6) is 0 Å². The van der Waals surface area contributed by atoms with E-state index < -0.39 is 29.6 Å². The number of nitrogens with one attached hydrogen (secondary N) is 3. The normalized spacial score (nSPS) is 30.4. The minimum atomic E-state index is -1.42. The van der Waals surface area contributed by atoms with E-state index >= 15 is 0 Å². The Morgan fingerprint density at radius 2 is 2.21 bits per heavy atom. The van der Waals surface area contributed by atoms with Gasteiger partial charge >= 0.3 is 5.97 Å². The number of esters is 1. The molecule has 0 radical (unpaired) electrons. The zero-order chi connectivity index (χ0) is 20.2. The van der Waals surface area contributed by atoms with Gasteiger partial charge in [-0.3, -0.25) is 15.0 Å². The van der Waals surface area contributed by atoms with Gasteiger partial charge in [-0.05, 0) is 18.6 Å². The van der Waals surface area contributed by atoms with E-state index in [-0.39, 0.29) is 23.8 Å². The molecule has 0 aromatic heterocycles. The van der Waals surface area contributed by atoms with Crippen molar-refractivity contribution in [2.45, 2.75) is 31.0 Å². The predicted octanol–water partition coefficient (Wildman–Crippen LogP) is 0.653. The van der Waals surface area contributed by atoms with Crippen LogP contribution in [0.15, 0.2) is 28.1 Å². The predicted molar refractivity (Wildman–Crippen MR) is 101 cm³/mol. The Morgan fingerprint density at radius 1 is 1.46 bits per heavy atom. The van der Waals surface area contributed by atoms with Gasteiger partial charge in [-0.25, -0.2) is 5.43 Å². The molecule has 28 heavy (non-hydrogen) atoms. The number of aryl methyl sites for hydroxylation is 1. The quantitative estimate of drug-likeness (QED) is 0.484. The molecule has 146 valence electrons. The molecule has 3 heterocycles. The van der Waals surface area contributed by atoms with E-state index in [1.807, 2.05) is 13.0 Å². The molecule has 4 rings (SSSR count). The molecule has 1 amide bonds. The summed E-state index contributed by atoms with van der Waals surface area (Å²) >= 11 is 3.59. The van der Waals surface area contributed by atoms with Gasteiger partial charge in [0.15, 0.2) is 6.23 Å². The number of hydrogen-bond donors (Lipinski definition) is 4. The maximum absolute atomic E-state index is 13.4. The van der Waals surface area contributed by atoms with Crippen LogP contribution in [0.1, 0.15) is 17.5 Å². The van der Waals surface area contributed by atoms with Crippen molar-refractivity contribution in [1.29, 1.82) is 5.26 Å². The molecule has 1 saturated heterocycles. The Labute approximate surface area is 169 Å². The second kappa shape index (κ2) is 6.48. The van der Waals surface area contributed by atoms with Gasteiger partial charge in [-0.2, -0.15) is 5.26 Å². The number of hydrogen-bond acceptors (Lipinski definition) is 8. The Bertz CT molecular complexity index is 971. The summed E-state index contributed by atoms with van der Waals surface area (Å²) in [6.07, 6.45) is -0.726. The molecule has 0 aliphatic carbocycles. The molecule has 1 aromatic rings. The first-order valence-corrected chi connectivity index (χ1v) is 9.41. The van der Waals surface area contributed by atoms with Crippen LogP contribution in [0, 0.1) is 24.2 Å². The molecule has 4 atom stereocenters. The summed E-state index contributed by atoms with van der Waals surface area (Å²) in [5, 5.41) is 12.8. The van der Waals surface area contributed by atoms with Gasteiger partial charge in [0.25, 0.3) is 0 Å². The smallest absolute Gasteiger partial charge is 0.307 e. The van der Waals surface area contributed by atoms with Crippen LogP contribution >= 0.6 is 15.9 Å². The largest absolute Gasteiger partial charge is 0.469 e. The van der Waals surface area contributed by atoms with E-state index in [1.165, 1.54) is 7.11 Å². The average molecular weight is 448 g/mol. The fourth-order valence-corrected chi connectivity index (χ4v) is 5.07. The molecule has 3 aliphatic rings. The van der Waals surface area contributed by atoms with Gasteiger partial charge in [-0.15, -0.1) is 0 Å². The minimum Gasteiger partial charge on any atom is -0.469 e. The van der Waals surface area contributed by atoms with Crippen molar-refractivity contribution < 1.29 is 19.1 Å². The van der Waals surface area contributed by atoms with E-state index in [0.717, 1.165) is 5.56 Å². The van der Waals surface area contributed by atoms with E-state index in [0.29, 0.717) is 15.7 Å². The average Bonchev–Trinajstić information content (AvgIpc) is 3.18. The van der Waals surface area contributed by atoms with Crippen molar-refractivity contribution in [3.63, 3.8) is 0 Å². The zero-order valence-electron chi connectivity index (χ0n) is 15.1. The number of carbonyl (C=O) groups excluding carboxylic acids is 2. The lowest BCUT2D eigenvalue weighted by Gasteiger charge is -2.42. The van der Waals surface area contributed by atoms with E-state index in [4.69, 9.17) is 15.2 Å². The highest BCUT2D eigenvalue weighted by Crippen LogP contribution is 2.56. The van der Waals surface area contributed by atoms with Gasteiger partial charge < -0.3 is 20.5 Å². The molecule has 5 N–H and O–H groups in total. The van der Waals surface area contributed by atoms with Crippen LogP contribution in [-0.2, 0) is 24.5 Å². The number of ether oxygens (including phenoxy) is 2. The summed E-state index contributed by atoms with van der Waals surface area (Å²) in [6.45, 7) is 1.90. The van der Waals surface area contributed by atoms with Crippen molar-refractivity contribution in [3.8, 4) is 6.07 Å². The topological polar surface area (TPSA) is 138 Å². The van der Waals surface area contributed by atoms with Crippen LogP contribution in [0.2, 0.25) is 0 Å². The van der Waals surface area contributed by atoms with Gasteiger partial charge in [0.1, 0.15) is 17.1 Å². The summed E-state index contributed by atoms with van der Waals surface area (Å²) in [4.78, 5) is 25.4. The van der Waals surface area contributed by atoms with Crippen LogP contribution in [0.3, 0.4) is 0 Å². The maximum Gasteiger partial charge on any atom is 0.307 e. The number of anilines is 1. The molecular weight excluding hydrogens is 430 g/mol. The monoisotopic (exact) mass is 447 g/mol. The Morgan fingerprint density at radius 3 is 2.89 bits per heavy atom. The maximum atomic E-state index is 13.4. The summed E-state index contributed by atoms with van der Waals surface area (Å²) in [7, 11) is 1.30. The summed E-state index contributed by atoms with van der Waals surface area (Å²) in [5.41, 5.74) is 12.7. The third-order valence-corrected chi connectivity index (χ3v) is 6.65. The molecule has 9 nitrogen and oxygen atoms in total. The molecule has 0 bridgehead atoms. The lowest BCUT2D eigenvalue weighted by atomic mass is 9.62. The molecule has 10 heteroatoms. The van der Waals surface area contributed by atoms with Gasteiger partial charge in [0.05, 0.1) is 19.4 Å². The first-order valence-electron chi connectivity index (χ1n) is 8.62. The van der Waals surface area contributed by atoms with Gasteiger partial charge in [0, 0.05) is 21.8 Å². The minimum absolute atomic E-state index is 0.0135. The highest BCUT2D eigenvalue weighted by atomic mass is 79.9. The first kappa shape index (κ1) is 18.7. The third-order valence-electron chi connectivity index (χ3n) is 5.63. The highest BCUT2D eigenvalue weighted by molar-refractivity contribution is 9.10. The van der Waals surface area contributed by atoms with Crippen molar-refractivity contribution in [2.24, 2.45) is 11.7 Å². The number of rotatable bonds is 2. The first-order chi connectivity index (χ1) is 13.4.